The number of nitrogens with one attached hydrogen (secondary N) is 1. The number of carbonyl (C=O) groups is 1. The first-order chi connectivity index (χ1) is 12.6. The van der Waals surface area contributed by atoms with E-state index in [4.69, 9.17) is 0 Å². The Bertz CT molecular complexity index is 906. The third kappa shape index (κ3) is 3.12. The smallest absolute Gasteiger partial charge is 0.255 e. The Kier molecular flexibility index (Phi) is 4.28. The number of anilines is 1. The van der Waals surface area contributed by atoms with Crippen molar-refractivity contribution in [1.29, 1.82) is 0 Å². The Balaban J connectivity index is 1.59. The number of carbonyl (C=O) groups excluding carboxylic acids is 1. The van der Waals surface area contributed by atoms with E-state index in [0.717, 1.165) is 42.4 Å². The molecule has 0 bridgehead atoms. The number of aryl methyl sites for hydroxylation is 1. The number of fused-ring (bicyclic) bond motifs is 1. The van der Waals surface area contributed by atoms with Crippen LogP contribution in [-0.2, 0) is 12.8 Å². The summed E-state index contributed by atoms with van der Waals surface area (Å²) in [6.07, 6.45) is 7.21. The summed E-state index contributed by atoms with van der Waals surface area (Å²) < 4.78 is 0. The number of aromatic amines is 1. The maximum Gasteiger partial charge on any atom is 0.255 e. The van der Waals surface area contributed by atoms with E-state index in [9.17, 15) is 9.59 Å². The van der Waals surface area contributed by atoms with E-state index < -0.39 is 0 Å². The fourth-order valence-corrected chi connectivity index (χ4v) is 3.54. The number of hydrogen-bond acceptors (Lipinski definition) is 5. The van der Waals surface area contributed by atoms with Crippen molar-refractivity contribution < 1.29 is 4.79 Å². The highest BCUT2D eigenvalue weighted by atomic mass is 16.2. The van der Waals surface area contributed by atoms with Crippen LogP contribution in [0.1, 0.15) is 27.4 Å². The molecule has 2 aromatic heterocycles. The molecule has 0 unspecified atom stereocenters. The molecule has 0 saturated carbocycles. The molecule has 2 aliphatic rings. The first-order valence-corrected chi connectivity index (χ1v) is 8.86. The summed E-state index contributed by atoms with van der Waals surface area (Å²) in [4.78, 5) is 39.9. The molecule has 0 atom stereocenters. The third-order valence-electron chi connectivity index (χ3n) is 4.87. The van der Waals surface area contributed by atoms with Gasteiger partial charge >= 0.3 is 0 Å². The zero-order valence-corrected chi connectivity index (χ0v) is 14.7. The highest BCUT2D eigenvalue weighted by molar-refractivity contribution is 5.94. The van der Waals surface area contributed by atoms with Crippen molar-refractivity contribution in [1.82, 2.24) is 19.9 Å². The van der Waals surface area contributed by atoms with Gasteiger partial charge in [-0.25, -0.2) is 9.97 Å². The summed E-state index contributed by atoms with van der Waals surface area (Å²) in [6, 6.07) is 2.96. The van der Waals surface area contributed by atoms with Crippen molar-refractivity contribution >= 4 is 11.7 Å². The molecular formula is C19H21N5O2. The van der Waals surface area contributed by atoms with Crippen LogP contribution in [0.25, 0.3) is 0 Å². The minimum Gasteiger partial charge on any atom is -0.349 e. The van der Waals surface area contributed by atoms with Crippen molar-refractivity contribution in [3.63, 3.8) is 0 Å². The number of amides is 1. The van der Waals surface area contributed by atoms with Gasteiger partial charge in [0.1, 0.15) is 11.6 Å². The van der Waals surface area contributed by atoms with Gasteiger partial charge in [0.2, 0.25) is 5.56 Å². The third-order valence-corrected chi connectivity index (χ3v) is 4.87. The number of pyridine rings is 1. The molecule has 0 aliphatic carbocycles. The van der Waals surface area contributed by atoms with Crippen LogP contribution in [0.15, 0.2) is 35.3 Å². The summed E-state index contributed by atoms with van der Waals surface area (Å²) in [5, 5.41) is 0. The molecule has 2 aliphatic heterocycles. The average Bonchev–Trinajstić information content (AvgIpc) is 3.09. The van der Waals surface area contributed by atoms with Crippen LogP contribution >= 0.6 is 0 Å². The van der Waals surface area contributed by atoms with Crippen molar-refractivity contribution in [2.75, 3.05) is 31.1 Å². The average molecular weight is 351 g/mol. The predicted molar refractivity (Wildman–Crippen MR) is 98.5 cm³/mol. The van der Waals surface area contributed by atoms with Crippen molar-refractivity contribution in [2.24, 2.45) is 0 Å². The highest BCUT2D eigenvalue weighted by Gasteiger charge is 2.25. The largest absolute Gasteiger partial charge is 0.349 e. The van der Waals surface area contributed by atoms with Gasteiger partial charge in [0.05, 0.1) is 11.3 Å². The Labute approximate surface area is 151 Å². The van der Waals surface area contributed by atoms with Crippen LogP contribution in [0, 0.1) is 6.92 Å². The lowest BCUT2D eigenvalue weighted by atomic mass is 10.1. The number of hydrogen-bond donors (Lipinski definition) is 1. The quantitative estimate of drug-likeness (QED) is 0.819. The molecule has 1 amide bonds. The molecule has 2 aromatic rings. The highest BCUT2D eigenvalue weighted by Crippen LogP contribution is 2.26. The van der Waals surface area contributed by atoms with E-state index >= 15 is 0 Å². The molecule has 7 nitrogen and oxygen atoms in total. The molecule has 134 valence electrons. The molecule has 1 N–H and O–H groups in total. The van der Waals surface area contributed by atoms with Gasteiger partial charge in [0.25, 0.3) is 5.91 Å². The van der Waals surface area contributed by atoms with Gasteiger partial charge in [-0.1, -0.05) is 12.2 Å². The van der Waals surface area contributed by atoms with Crippen molar-refractivity contribution in [3.8, 4) is 0 Å². The Hall–Kier alpha value is -2.96. The van der Waals surface area contributed by atoms with E-state index in [1.165, 1.54) is 12.3 Å². The zero-order chi connectivity index (χ0) is 18.1. The van der Waals surface area contributed by atoms with Gasteiger partial charge in [0, 0.05) is 50.4 Å². The molecular weight excluding hydrogens is 330 g/mol. The number of H-pyrrole nitrogens is 1. The second-order valence-electron chi connectivity index (χ2n) is 6.63. The van der Waals surface area contributed by atoms with Crippen LogP contribution in [0.5, 0.6) is 0 Å². The summed E-state index contributed by atoms with van der Waals surface area (Å²) in [6.45, 7) is 4.87. The number of aromatic nitrogens is 3. The predicted octanol–water partition coefficient (Wildman–Crippen LogP) is 1.09. The van der Waals surface area contributed by atoms with Crippen LogP contribution in [-0.4, -0.2) is 51.9 Å². The van der Waals surface area contributed by atoms with Gasteiger partial charge in [0.15, 0.2) is 0 Å². The van der Waals surface area contributed by atoms with Gasteiger partial charge in [-0.2, -0.15) is 0 Å². The monoisotopic (exact) mass is 351 g/mol. The minimum atomic E-state index is -0.209. The molecule has 4 rings (SSSR count). The molecule has 0 fully saturated rings. The Morgan fingerprint density at radius 3 is 2.62 bits per heavy atom. The second kappa shape index (κ2) is 6.74. The van der Waals surface area contributed by atoms with Crippen LogP contribution in [0.4, 0.5) is 5.82 Å². The number of nitrogens with zero attached hydrogens (tertiary/aromatic N) is 4. The molecule has 26 heavy (non-hydrogen) atoms. The van der Waals surface area contributed by atoms with Crippen LogP contribution in [0.2, 0.25) is 0 Å². The first kappa shape index (κ1) is 16.5. The number of rotatable bonds is 2. The van der Waals surface area contributed by atoms with Crippen molar-refractivity contribution in [2.45, 2.75) is 19.8 Å². The van der Waals surface area contributed by atoms with Gasteiger partial charge in [-0.05, 0) is 19.4 Å². The topological polar surface area (TPSA) is 82.2 Å². The maximum absolute atomic E-state index is 12.8. The molecule has 0 saturated heterocycles. The first-order valence-electron chi connectivity index (χ1n) is 8.86. The summed E-state index contributed by atoms with van der Waals surface area (Å²) in [7, 11) is 0. The van der Waals surface area contributed by atoms with Gasteiger partial charge in [-0.15, -0.1) is 0 Å². The SMILES string of the molecule is Cc1nc2c(c(N3CC=CC3)n1)CCN(C(=O)c1ccc(=O)[nH]c1)CC2. The fraction of sp³-hybridized carbons (Fsp3) is 0.368. The Morgan fingerprint density at radius 1 is 1.12 bits per heavy atom. The lowest BCUT2D eigenvalue weighted by Crippen LogP contribution is -2.33. The second-order valence-corrected chi connectivity index (χ2v) is 6.63. The minimum absolute atomic E-state index is 0.0665. The standard InChI is InChI=1S/C19H21N5O2/c1-13-21-16-7-11-24(19(26)14-4-5-17(25)20-12-14)10-6-15(16)18(22-13)23-8-2-3-9-23/h2-5,12H,6-11H2,1H3,(H,20,25). The van der Waals surface area contributed by atoms with Crippen molar-refractivity contribution in [3.05, 3.63) is 63.5 Å². The molecule has 7 heteroatoms. The van der Waals surface area contributed by atoms with E-state index in [1.54, 1.807) is 6.07 Å². The lowest BCUT2D eigenvalue weighted by molar-refractivity contribution is 0.0762. The lowest BCUT2D eigenvalue weighted by Gasteiger charge is -2.22. The van der Waals surface area contributed by atoms with E-state index in [2.05, 4.69) is 32.0 Å². The van der Waals surface area contributed by atoms with E-state index in [0.29, 0.717) is 25.1 Å². The van der Waals surface area contributed by atoms with Crippen LogP contribution in [0.3, 0.4) is 0 Å². The normalized spacial score (nSPS) is 16.5. The molecule has 0 radical (unpaired) electrons. The summed E-state index contributed by atoms with van der Waals surface area (Å²) in [5.41, 5.74) is 2.48. The summed E-state index contributed by atoms with van der Waals surface area (Å²) in [5.74, 6) is 1.70. The fourth-order valence-electron chi connectivity index (χ4n) is 3.54. The van der Waals surface area contributed by atoms with Gasteiger partial charge in [-0.3, -0.25) is 9.59 Å². The van der Waals surface area contributed by atoms with Gasteiger partial charge < -0.3 is 14.8 Å². The zero-order valence-electron chi connectivity index (χ0n) is 14.7. The molecule has 4 heterocycles. The van der Waals surface area contributed by atoms with E-state index in [1.807, 2.05) is 11.8 Å². The molecule has 0 spiro atoms. The summed E-state index contributed by atoms with van der Waals surface area (Å²) >= 11 is 0. The molecule has 0 aromatic carbocycles. The maximum atomic E-state index is 12.8. The van der Waals surface area contributed by atoms with E-state index in [-0.39, 0.29) is 11.5 Å². The van der Waals surface area contributed by atoms with Crippen LogP contribution < -0.4 is 10.5 Å². The Morgan fingerprint density at radius 2 is 1.88 bits per heavy atom.